The number of hydrogen-bond donors (Lipinski definition) is 0. The first-order valence-corrected chi connectivity index (χ1v) is 15.4. The molecule has 0 N–H and O–H groups in total. The van der Waals surface area contributed by atoms with E-state index in [2.05, 4.69) is 106 Å². The van der Waals surface area contributed by atoms with Crippen LogP contribution < -0.4 is 0 Å². The van der Waals surface area contributed by atoms with Gasteiger partial charge in [-0.25, -0.2) is 0 Å². The van der Waals surface area contributed by atoms with Crippen LogP contribution in [0.2, 0.25) is 0 Å². The molecule has 38 heavy (non-hydrogen) atoms. The molecule has 0 bridgehead atoms. The molecule has 0 saturated carbocycles. The molecule has 1 heteroatoms. The van der Waals surface area contributed by atoms with Crippen LogP contribution in [0.3, 0.4) is 0 Å². The Kier molecular flexibility index (Phi) is 23.6. The lowest BCUT2D eigenvalue weighted by Gasteiger charge is -1.91. The lowest BCUT2D eigenvalue weighted by molar-refractivity contribution is 1.10. The number of allylic oxidation sites excluding steroid dienone is 5. The van der Waals surface area contributed by atoms with Gasteiger partial charge in [0, 0.05) is 52.0 Å². The molecular weight excluding hydrogens is 476 g/mol. The predicted octanol–water partition coefficient (Wildman–Crippen LogP) is 13.3. The maximum atomic E-state index is 3.72. The van der Waals surface area contributed by atoms with E-state index >= 15 is 0 Å². The average molecular weight is 530 g/mol. The van der Waals surface area contributed by atoms with Gasteiger partial charge in [-0.2, -0.15) is 0 Å². The van der Waals surface area contributed by atoms with E-state index in [-0.39, 0.29) is 10.5 Å². The molecule has 0 unspecified atom stereocenters. The summed E-state index contributed by atoms with van der Waals surface area (Å²) in [5, 5.41) is 2.79. The second kappa shape index (κ2) is 24.2. The Morgan fingerprint density at radius 1 is 0.579 bits per heavy atom. The van der Waals surface area contributed by atoms with Crippen LogP contribution in [0.15, 0.2) is 115 Å². The van der Waals surface area contributed by atoms with Crippen molar-refractivity contribution in [3.63, 3.8) is 0 Å². The van der Waals surface area contributed by atoms with Gasteiger partial charge in [0.25, 0.3) is 0 Å². The largest absolute Gasteiger partial charge is 0.187 e. The molecule has 0 spiro atoms. The van der Waals surface area contributed by atoms with Crippen LogP contribution in [0.4, 0.5) is 0 Å². The molecule has 4 aromatic rings. The molecule has 0 saturated heterocycles. The molecule has 0 aliphatic heterocycles. The molecular formula is C37H53S+3. The first kappa shape index (κ1) is 37.0. The fraction of sp³-hybridized carbons (Fsp3) is 0.297. The van der Waals surface area contributed by atoms with Gasteiger partial charge in [0.1, 0.15) is 0 Å². The molecule has 0 radical (unpaired) electrons. The third-order valence-corrected chi connectivity index (χ3v) is 6.66. The van der Waals surface area contributed by atoms with Gasteiger partial charge in [-0.05, 0) is 43.0 Å². The van der Waals surface area contributed by atoms with E-state index < -0.39 is 0 Å². The molecule has 0 atom stereocenters. The molecule has 3 aromatic carbocycles. The van der Waals surface area contributed by atoms with E-state index in [4.69, 9.17) is 0 Å². The van der Waals surface area contributed by atoms with Crippen molar-refractivity contribution in [1.82, 2.24) is 0 Å². The summed E-state index contributed by atoms with van der Waals surface area (Å²) in [5.41, 5.74) is 1.07. The summed E-state index contributed by atoms with van der Waals surface area (Å²) in [7, 11) is 0.0594. The van der Waals surface area contributed by atoms with Crippen LogP contribution in [0.5, 0.6) is 0 Å². The van der Waals surface area contributed by atoms with E-state index in [1.54, 1.807) is 0 Å². The normalized spacial score (nSPS) is 10.0. The fourth-order valence-electron chi connectivity index (χ4n) is 3.14. The lowest BCUT2D eigenvalue weighted by atomic mass is 10.1. The summed E-state index contributed by atoms with van der Waals surface area (Å²) in [6.07, 6.45) is 9.87. The highest BCUT2D eigenvalue weighted by Gasteiger charge is 2.22. The van der Waals surface area contributed by atoms with Gasteiger partial charge in [0.05, 0.1) is 32.3 Å². The van der Waals surface area contributed by atoms with Gasteiger partial charge >= 0.3 is 0 Å². The zero-order valence-electron chi connectivity index (χ0n) is 26.0. The SMILES string of the molecule is C=C1C=CC=C[CH+]1.CC.CC.CC.CC.C[C+](C)C.c1ccc(-[s+]2c3ccccc3c3ccccc32)cc1. The lowest BCUT2D eigenvalue weighted by Crippen LogP contribution is -1.75. The van der Waals surface area contributed by atoms with Gasteiger partial charge in [0.2, 0.25) is 0 Å². The minimum Gasteiger partial charge on any atom is -0.0683 e. The van der Waals surface area contributed by atoms with Crippen molar-refractivity contribution in [3.05, 3.63) is 128 Å². The van der Waals surface area contributed by atoms with E-state index in [0.717, 1.165) is 5.57 Å². The van der Waals surface area contributed by atoms with Crippen molar-refractivity contribution in [2.45, 2.75) is 76.2 Å². The Morgan fingerprint density at radius 2 is 0.974 bits per heavy atom. The monoisotopic (exact) mass is 529 g/mol. The van der Waals surface area contributed by atoms with E-state index in [9.17, 15) is 0 Å². The van der Waals surface area contributed by atoms with Crippen LogP contribution >= 0.6 is 10.5 Å². The van der Waals surface area contributed by atoms with Gasteiger partial charge in [-0.1, -0.05) is 97.9 Å². The summed E-state index contributed by atoms with van der Waals surface area (Å²) in [5.74, 6) is 1.42. The maximum Gasteiger partial charge on any atom is 0.187 e. The summed E-state index contributed by atoms with van der Waals surface area (Å²) < 4.78 is 2.91. The minimum absolute atomic E-state index is 0.0594. The molecule has 1 aliphatic carbocycles. The molecule has 0 nitrogen and oxygen atoms in total. The minimum atomic E-state index is 0.0594. The number of hydrogen-bond acceptors (Lipinski definition) is 0. The van der Waals surface area contributed by atoms with Crippen molar-refractivity contribution in [3.8, 4) is 4.90 Å². The summed E-state index contributed by atoms with van der Waals surface area (Å²) in [4.78, 5) is 1.40. The zero-order chi connectivity index (χ0) is 29.3. The topological polar surface area (TPSA) is 0 Å². The standard InChI is InChI=1S/C18H13S.C7H7.C4H9.4C2H6/c1-2-8-14(9-3-1)19-17-12-6-4-10-15(17)16-11-5-7-13-18(16)19;1-7-5-3-2-4-6-7;1-4(2)3;4*1-2/h1-13H;2-6H,1H2;1-3H3;4*1-2H3/q3*+1;;;;. The van der Waals surface area contributed by atoms with Crippen molar-refractivity contribution < 1.29 is 0 Å². The summed E-state index contributed by atoms with van der Waals surface area (Å²) in [6.45, 7) is 26.0. The molecule has 0 fully saturated rings. The smallest absolute Gasteiger partial charge is 0.0683 e. The molecule has 5 rings (SSSR count). The van der Waals surface area contributed by atoms with Crippen LogP contribution in [0.25, 0.3) is 25.1 Å². The van der Waals surface area contributed by atoms with E-state index in [1.807, 2.05) is 86.1 Å². The second-order valence-corrected chi connectivity index (χ2v) is 9.56. The fourth-order valence-corrected chi connectivity index (χ4v) is 5.54. The van der Waals surface area contributed by atoms with Crippen molar-refractivity contribution in [2.75, 3.05) is 0 Å². The van der Waals surface area contributed by atoms with Gasteiger partial charge in [0.15, 0.2) is 14.3 Å². The average Bonchev–Trinajstić information content (AvgIpc) is 3.33. The number of thiophene rings is 1. The second-order valence-electron chi connectivity index (χ2n) is 7.60. The Morgan fingerprint density at radius 3 is 1.32 bits per heavy atom. The third-order valence-electron chi connectivity index (χ3n) is 4.33. The molecule has 0 amide bonds. The quantitative estimate of drug-likeness (QED) is 0.170. The maximum absolute atomic E-state index is 3.72. The first-order valence-electron chi connectivity index (χ1n) is 14.2. The Labute approximate surface area is 238 Å². The number of rotatable bonds is 1. The Hall–Kier alpha value is -3.16. The summed E-state index contributed by atoms with van der Waals surface area (Å²) >= 11 is 0. The first-order chi connectivity index (χ1) is 18.6. The van der Waals surface area contributed by atoms with E-state index in [0.29, 0.717) is 0 Å². The van der Waals surface area contributed by atoms with Gasteiger partial charge < -0.3 is 0 Å². The van der Waals surface area contributed by atoms with Crippen LogP contribution in [0.1, 0.15) is 76.2 Å². The zero-order valence-corrected chi connectivity index (χ0v) is 26.8. The van der Waals surface area contributed by atoms with Crippen molar-refractivity contribution in [1.29, 1.82) is 0 Å². The Balaban J connectivity index is 0. The number of benzene rings is 3. The van der Waals surface area contributed by atoms with Crippen LogP contribution in [-0.2, 0) is 0 Å². The van der Waals surface area contributed by atoms with Gasteiger partial charge in [-0.15, -0.1) is 0 Å². The molecule has 1 heterocycles. The number of fused-ring (bicyclic) bond motifs is 3. The molecule has 1 aromatic heterocycles. The third kappa shape index (κ3) is 12.9. The predicted molar refractivity (Wildman–Crippen MR) is 183 cm³/mol. The molecule has 1 aliphatic rings. The molecule has 204 valence electrons. The van der Waals surface area contributed by atoms with Crippen molar-refractivity contribution in [2.24, 2.45) is 0 Å². The highest BCUT2D eigenvalue weighted by Crippen LogP contribution is 2.47. The van der Waals surface area contributed by atoms with Crippen LogP contribution in [-0.4, -0.2) is 0 Å². The van der Waals surface area contributed by atoms with Gasteiger partial charge in [-0.3, -0.25) is 0 Å². The summed E-state index contributed by atoms with van der Waals surface area (Å²) in [6, 6.07) is 28.4. The highest BCUT2D eigenvalue weighted by atomic mass is 32.2. The Bertz CT molecular complexity index is 1100. The van der Waals surface area contributed by atoms with E-state index in [1.165, 1.54) is 31.0 Å². The van der Waals surface area contributed by atoms with Crippen LogP contribution in [0, 0.1) is 12.3 Å². The highest BCUT2D eigenvalue weighted by molar-refractivity contribution is 7.50. The van der Waals surface area contributed by atoms with Crippen molar-refractivity contribution >= 4 is 30.6 Å².